The molecule has 94 valence electrons. The summed E-state index contributed by atoms with van der Waals surface area (Å²) in [6.45, 7) is 5.74. The van der Waals surface area contributed by atoms with Crippen LogP contribution in [0.1, 0.15) is 35.7 Å². The van der Waals surface area contributed by atoms with Crippen LogP contribution < -0.4 is 4.74 Å². The number of carbonyl (C=O) groups excluding carboxylic acids is 1. The Kier molecular flexibility index (Phi) is 3.51. The minimum atomic E-state index is -0.112. The third kappa shape index (κ3) is 2.80. The summed E-state index contributed by atoms with van der Waals surface area (Å²) in [7, 11) is 0. The van der Waals surface area contributed by atoms with E-state index in [2.05, 4.69) is 0 Å². The molecule has 3 nitrogen and oxygen atoms in total. The standard InChI is InChI=1S/C15H16O3/c1-10(2)17-13-7-5-12(6-8-13)15(16)14-9-4-11(3)18-14/h4-10H,1-3H3. The Labute approximate surface area is 106 Å². The van der Waals surface area contributed by atoms with Crippen LogP contribution in [0.5, 0.6) is 5.75 Å². The first-order chi connectivity index (χ1) is 8.56. The van der Waals surface area contributed by atoms with Gasteiger partial charge < -0.3 is 9.15 Å². The molecule has 18 heavy (non-hydrogen) atoms. The lowest BCUT2D eigenvalue weighted by atomic mass is 10.1. The van der Waals surface area contributed by atoms with Crippen LogP contribution in [0.25, 0.3) is 0 Å². The zero-order valence-electron chi connectivity index (χ0n) is 10.8. The van der Waals surface area contributed by atoms with Gasteiger partial charge in [0.15, 0.2) is 5.76 Å². The van der Waals surface area contributed by atoms with E-state index in [1.54, 1.807) is 36.4 Å². The predicted molar refractivity (Wildman–Crippen MR) is 69.1 cm³/mol. The normalized spacial score (nSPS) is 10.7. The van der Waals surface area contributed by atoms with E-state index in [-0.39, 0.29) is 11.9 Å². The van der Waals surface area contributed by atoms with Gasteiger partial charge in [-0.3, -0.25) is 4.79 Å². The summed E-state index contributed by atoms with van der Waals surface area (Å²) in [5.74, 6) is 1.75. The van der Waals surface area contributed by atoms with E-state index < -0.39 is 0 Å². The van der Waals surface area contributed by atoms with Crippen molar-refractivity contribution in [3.05, 3.63) is 53.5 Å². The molecule has 1 aromatic heterocycles. The molecule has 0 saturated carbocycles. The Balaban J connectivity index is 2.17. The molecule has 0 unspecified atom stereocenters. The number of rotatable bonds is 4. The van der Waals surface area contributed by atoms with E-state index in [9.17, 15) is 4.79 Å². The minimum Gasteiger partial charge on any atom is -0.491 e. The molecule has 0 bridgehead atoms. The molecule has 0 spiro atoms. The van der Waals surface area contributed by atoms with Crippen LogP contribution >= 0.6 is 0 Å². The van der Waals surface area contributed by atoms with Gasteiger partial charge in [0, 0.05) is 5.56 Å². The maximum Gasteiger partial charge on any atom is 0.228 e. The monoisotopic (exact) mass is 244 g/mol. The second kappa shape index (κ2) is 5.08. The molecule has 0 aliphatic rings. The highest BCUT2D eigenvalue weighted by atomic mass is 16.5. The molecule has 1 aromatic carbocycles. The van der Waals surface area contributed by atoms with Gasteiger partial charge in [-0.05, 0) is 57.2 Å². The molecular weight excluding hydrogens is 228 g/mol. The van der Waals surface area contributed by atoms with Gasteiger partial charge in [-0.2, -0.15) is 0 Å². The number of furan rings is 1. The molecule has 0 N–H and O–H groups in total. The van der Waals surface area contributed by atoms with Crippen LogP contribution in [0.3, 0.4) is 0 Å². The molecule has 0 radical (unpaired) electrons. The zero-order chi connectivity index (χ0) is 13.1. The largest absolute Gasteiger partial charge is 0.491 e. The van der Waals surface area contributed by atoms with Crippen LogP contribution in [-0.2, 0) is 0 Å². The van der Waals surface area contributed by atoms with Gasteiger partial charge in [0.05, 0.1) is 6.10 Å². The first-order valence-corrected chi connectivity index (χ1v) is 5.94. The summed E-state index contributed by atoms with van der Waals surface area (Å²) in [5.41, 5.74) is 0.598. The molecule has 0 atom stereocenters. The summed E-state index contributed by atoms with van der Waals surface area (Å²) in [6.07, 6.45) is 0.124. The lowest BCUT2D eigenvalue weighted by molar-refractivity contribution is 0.101. The van der Waals surface area contributed by atoms with Gasteiger partial charge in [0.2, 0.25) is 5.78 Å². The maximum absolute atomic E-state index is 12.1. The maximum atomic E-state index is 12.1. The summed E-state index contributed by atoms with van der Waals surface area (Å²) in [6, 6.07) is 10.6. The highest BCUT2D eigenvalue weighted by molar-refractivity contribution is 6.07. The van der Waals surface area contributed by atoms with Crippen molar-refractivity contribution in [2.75, 3.05) is 0 Å². The average Bonchev–Trinajstić information content (AvgIpc) is 2.75. The van der Waals surface area contributed by atoms with Crippen molar-refractivity contribution in [3.8, 4) is 5.75 Å². The van der Waals surface area contributed by atoms with Crippen LogP contribution in [0.4, 0.5) is 0 Å². The quantitative estimate of drug-likeness (QED) is 0.771. The van der Waals surface area contributed by atoms with Crippen molar-refractivity contribution < 1.29 is 13.9 Å². The Morgan fingerprint density at radius 3 is 2.28 bits per heavy atom. The lowest BCUT2D eigenvalue weighted by Crippen LogP contribution is -2.06. The molecule has 0 aliphatic heterocycles. The van der Waals surface area contributed by atoms with Gasteiger partial charge in [0.25, 0.3) is 0 Å². The molecule has 0 fully saturated rings. The van der Waals surface area contributed by atoms with Gasteiger partial charge in [-0.1, -0.05) is 0 Å². The van der Waals surface area contributed by atoms with E-state index in [0.717, 1.165) is 11.5 Å². The van der Waals surface area contributed by atoms with Crippen LogP contribution in [0.2, 0.25) is 0 Å². The number of hydrogen-bond donors (Lipinski definition) is 0. The highest BCUT2D eigenvalue weighted by Gasteiger charge is 2.12. The third-order valence-corrected chi connectivity index (χ3v) is 2.45. The number of ketones is 1. The van der Waals surface area contributed by atoms with Gasteiger partial charge in [-0.15, -0.1) is 0 Å². The zero-order valence-corrected chi connectivity index (χ0v) is 10.8. The highest BCUT2D eigenvalue weighted by Crippen LogP contribution is 2.17. The third-order valence-electron chi connectivity index (χ3n) is 2.45. The van der Waals surface area contributed by atoms with Crippen molar-refractivity contribution in [2.24, 2.45) is 0 Å². The molecule has 1 heterocycles. The number of hydrogen-bond acceptors (Lipinski definition) is 3. The smallest absolute Gasteiger partial charge is 0.228 e. The number of benzene rings is 1. The van der Waals surface area contributed by atoms with Crippen LogP contribution in [0.15, 0.2) is 40.8 Å². The fourth-order valence-corrected chi connectivity index (χ4v) is 1.66. The average molecular weight is 244 g/mol. The summed E-state index contributed by atoms with van der Waals surface area (Å²) < 4.78 is 10.8. The summed E-state index contributed by atoms with van der Waals surface area (Å²) >= 11 is 0. The van der Waals surface area contributed by atoms with Gasteiger partial charge >= 0.3 is 0 Å². The van der Waals surface area contributed by atoms with E-state index in [0.29, 0.717) is 11.3 Å². The Morgan fingerprint density at radius 2 is 1.78 bits per heavy atom. The van der Waals surface area contributed by atoms with Crippen molar-refractivity contribution in [1.82, 2.24) is 0 Å². The van der Waals surface area contributed by atoms with Gasteiger partial charge in [-0.25, -0.2) is 0 Å². The van der Waals surface area contributed by atoms with Crippen molar-refractivity contribution >= 4 is 5.78 Å². The Morgan fingerprint density at radius 1 is 1.11 bits per heavy atom. The van der Waals surface area contributed by atoms with E-state index in [1.807, 2.05) is 20.8 Å². The fourth-order valence-electron chi connectivity index (χ4n) is 1.66. The molecule has 2 aromatic rings. The van der Waals surface area contributed by atoms with Crippen LogP contribution in [0, 0.1) is 6.92 Å². The second-order valence-electron chi connectivity index (χ2n) is 4.43. The number of ether oxygens (including phenoxy) is 1. The van der Waals surface area contributed by atoms with Crippen molar-refractivity contribution in [3.63, 3.8) is 0 Å². The topological polar surface area (TPSA) is 39.4 Å². The molecule has 2 rings (SSSR count). The van der Waals surface area contributed by atoms with Crippen molar-refractivity contribution in [2.45, 2.75) is 26.9 Å². The second-order valence-corrected chi connectivity index (χ2v) is 4.43. The molecule has 0 aliphatic carbocycles. The van der Waals surface area contributed by atoms with Crippen molar-refractivity contribution in [1.29, 1.82) is 0 Å². The SMILES string of the molecule is Cc1ccc(C(=O)c2ccc(OC(C)C)cc2)o1. The minimum absolute atomic E-state index is 0.112. The van der Waals surface area contributed by atoms with E-state index in [1.165, 1.54) is 0 Å². The number of carbonyl (C=O) groups is 1. The first-order valence-electron chi connectivity index (χ1n) is 5.94. The predicted octanol–water partition coefficient (Wildman–Crippen LogP) is 3.61. The Hall–Kier alpha value is -2.03. The first kappa shape index (κ1) is 12.4. The summed E-state index contributed by atoms with van der Waals surface area (Å²) in [5, 5.41) is 0. The van der Waals surface area contributed by atoms with E-state index in [4.69, 9.17) is 9.15 Å². The fraction of sp³-hybridized carbons (Fsp3) is 0.267. The van der Waals surface area contributed by atoms with Crippen LogP contribution in [-0.4, -0.2) is 11.9 Å². The van der Waals surface area contributed by atoms with Gasteiger partial charge in [0.1, 0.15) is 11.5 Å². The molecule has 0 amide bonds. The molecule has 0 saturated heterocycles. The molecule has 3 heteroatoms. The van der Waals surface area contributed by atoms with E-state index >= 15 is 0 Å². The number of aryl methyl sites for hydroxylation is 1. The molecular formula is C15H16O3. The Bertz CT molecular complexity index is 535. The lowest BCUT2D eigenvalue weighted by Gasteiger charge is -2.09. The summed E-state index contributed by atoms with van der Waals surface area (Å²) in [4.78, 5) is 12.1.